The molecular formula is C5H11N3S2. The topological polar surface area (TPSA) is 48.6 Å². The van der Waals surface area contributed by atoms with Crippen LogP contribution in [0.4, 0.5) is 0 Å². The van der Waals surface area contributed by atoms with Crippen LogP contribution < -0.4 is 0 Å². The summed E-state index contributed by atoms with van der Waals surface area (Å²) in [5.74, 6) is 0. The van der Waals surface area contributed by atoms with Crippen LogP contribution in [0.1, 0.15) is 13.3 Å². The molecule has 0 radical (unpaired) electrons. The van der Waals surface area contributed by atoms with Gasteiger partial charge in [-0.05, 0) is 23.5 Å². The molecule has 0 fully saturated rings. The maximum atomic E-state index is 6.70. The number of amidine groups is 1. The Bertz CT molecular complexity index is 124. The van der Waals surface area contributed by atoms with E-state index < -0.39 is 0 Å². The zero-order valence-electron chi connectivity index (χ0n) is 6.13. The van der Waals surface area contributed by atoms with Gasteiger partial charge in [-0.25, -0.2) is 5.53 Å². The Morgan fingerprint density at radius 2 is 2.30 bits per heavy atom. The van der Waals surface area contributed by atoms with Crippen LogP contribution in [0.25, 0.3) is 0 Å². The predicted octanol–water partition coefficient (Wildman–Crippen LogP) is 2.79. The van der Waals surface area contributed by atoms with Crippen LogP contribution in [-0.4, -0.2) is 18.0 Å². The predicted molar refractivity (Wildman–Crippen MR) is 48.8 cm³/mol. The fourth-order valence-corrected chi connectivity index (χ4v) is 1.41. The third-order valence-corrected chi connectivity index (χ3v) is 2.21. The van der Waals surface area contributed by atoms with E-state index in [1.54, 1.807) is 10.8 Å². The Balaban J connectivity index is 3.66. The Labute approximate surface area is 69.0 Å². The molecule has 0 aliphatic rings. The number of nitrogens with one attached hydrogen (secondary N) is 1. The summed E-state index contributed by atoms with van der Waals surface area (Å²) >= 11 is 0. The van der Waals surface area contributed by atoms with Gasteiger partial charge in [0.25, 0.3) is 0 Å². The second kappa shape index (κ2) is 7.08. The summed E-state index contributed by atoms with van der Waals surface area (Å²) < 4.78 is 0. The van der Waals surface area contributed by atoms with Crippen LogP contribution in [0.2, 0.25) is 0 Å². The molecular weight excluding hydrogens is 166 g/mol. The zero-order valence-corrected chi connectivity index (χ0v) is 7.76. The van der Waals surface area contributed by atoms with E-state index in [0.717, 1.165) is 13.0 Å². The summed E-state index contributed by atoms with van der Waals surface area (Å²) in [5, 5.41) is 3.82. The third kappa shape index (κ3) is 4.81. The van der Waals surface area contributed by atoms with Crippen LogP contribution in [0, 0.1) is 5.53 Å². The number of rotatable bonds is 3. The van der Waals surface area contributed by atoms with Gasteiger partial charge in [0.1, 0.15) is 0 Å². The largest absolute Gasteiger partial charge is 0.259 e. The van der Waals surface area contributed by atoms with Crippen LogP contribution >= 0.6 is 21.6 Å². The summed E-state index contributed by atoms with van der Waals surface area (Å²) in [7, 11) is 2.99. The molecule has 0 spiro atoms. The first-order valence-corrected chi connectivity index (χ1v) is 5.53. The number of hydrogen-bond donors (Lipinski definition) is 1. The van der Waals surface area contributed by atoms with E-state index in [9.17, 15) is 0 Å². The molecule has 0 aromatic rings. The molecule has 0 aromatic carbocycles. The van der Waals surface area contributed by atoms with Gasteiger partial charge in [0, 0.05) is 6.54 Å². The van der Waals surface area contributed by atoms with Crippen molar-refractivity contribution in [1.82, 2.24) is 0 Å². The molecule has 0 amide bonds. The summed E-state index contributed by atoms with van der Waals surface area (Å²) in [5.41, 5.74) is 6.70. The molecule has 3 nitrogen and oxygen atoms in total. The van der Waals surface area contributed by atoms with Crippen LogP contribution in [0.3, 0.4) is 0 Å². The lowest BCUT2D eigenvalue weighted by atomic mass is 10.5. The van der Waals surface area contributed by atoms with E-state index in [0.29, 0.717) is 5.17 Å². The summed E-state index contributed by atoms with van der Waals surface area (Å²) in [6, 6.07) is 0. The lowest BCUT2D eigenvalue weighted by Gasteiger charge is -1.92. The fourth-order valence-electron chi connectivity index (χ4n) is 0.362. The van der Waals surface area contributed by atoms with Crippen molar-refractivity contribution in [2.75, 3.05) is 12.8 Å². The lowest BCUT2D eigenvalue weighted by Crippen LogP contribution is -1.85. The minimum Gasteiger partial charge on any atom is -0.259 e. The first-order valence-electron chi connectivity index (χ1n) is 2.97. The Kier molecular flexibility index (Phi) is 7.06. The van der Waals surface area contributed by atoms with Crippen LogP contribution in [0.15, 0.2) is 10.1 Å². The van der Waals surface area contributed by atoms with E-state index in [4.69, 9.17) is 5.53 Å². The monoisotopic (exact) mass is 177 g/mol. The fraction of sp³-hybridized carbons (Fsp3) is 0.800. The van der Waals surface area contributed by atoms with Crippen molar-refractivity contribution in [2.24, 2.45) is 10.1 Å². The molecule has 0 atom stereocenters. The first-order chi connectivity index (χ1) is 4.85. The van der Waals surface area contributed by atoms with Gasteiger partial charge in [0.2, 0.25) is 5.17 Å². The molecule has 0 heterocycles. The number of hydrogen-bond acceptors (Lipinski definition) is 4. The maximum absolute atomic E-state index is 6.70. The van der Waals surface area contributed by atoms with E-state index in [1.807, 2.05) is 6.26 Å². The second-order valence-electron chi connectivity index (χ2n) is 1.53. The Morgan fingerprint density at radius 3 is 2.70 bits per heavy atom. The molecule has 0 bridgehead atoms. The summed E-state index contributed by atoms with van der Waals surface area (Å²) in [6.07, 6.45) is 2.95. The average Bonchev–Trinajstić information content (AvgIpc) is 1.98. The van der Waals surface area contributed by atoms with Crippen molar-refractivity contribution >= 4 is 26.8 Å². The van der Waals surface area contributed by atoms with Crippen molar-refractivity contribution in [2.45, 2.75) is 13.3 Å². The molecule has 0 aromatic heterocycles. The van der Waals surface area contributed by atoms with Crippen molar-refractivity contribution < 1.29 is 0 Å². The van der Waals surface area contributed by atoms with E-state index in [1.165, 1.54) is 10.8 Å². The van der Waals surface area contributed by atoms with Crippen LogP contribution in [0.5, 0.6) is 0 Å². The Morgan fingerprint density at radius 1 is 1.60 bits per heavy atom. The number of nitrogens with zero attached hydrogens (tertiary/aromatic N) is 2. The second-order valence-corrected chi connectivity index (χ2v) is 3.89. The zero-order chi connectivity index (χ0) is 7.82. The molecule has 0 saturated carbocycles. The molecule has 0 saturated heterocycles. The lowest BCUT2D eigenvalue weighted by molar-refractivity contribution is 0.930. The van der Waals surface area contributed by atoms with Crippen molar-refractivity contribution in [3.8, 4) is 0 Å². The number of aliphatic imine (C=N–C) groups is 1. The van der Waals surface area contributed by atoms with Gasteiger partial charge in [-0.3, -0.25) is 4.99 Å². The summed E-state index contributed by atoms with van der Waals surface area (Å²) in [6.45, 7) is 2.82. The van der Waals surface area contributed by atoms with Crippen molar-refractivity contribution in [3.05, 3.63) is 0 Å². The van der Waals surface area contributed by atoms with Gasteiger partial charge in [0.05, 0.1) is 0 Å². The molecule has 1 N–H and O–H groups in total. The van der Waals surface area contributed by atoms with Crippen molar-refractivity contribution in [3.63, 3.8) is 0 Å². The SMILES string of the molecule is CCCN=C(N=N)SSC. The van der Waals surface area contributed by atoms with Gasteiger partial charge in [-0.1, -0.05) is 17.7 Å². The van der Waals surface area contributed by atoms with Gasteiger partial charge in [0.15, 0.2) is 0 Å². The smallest absolute Gasteiger partial charge is 0.214 e. The van der Waals surface area contributed by atoms with Gasteiger partial charge in [-0.2, -0.15) is 0 Å². The normalized spacial score (nSPS) is 11.6. The van der Waals surface area contributed by atoms with Crippen LogP contribution in [-0.2, 0) is 0 Å². The highest BCUT2D eigenvalue weighted by Gasteiger charge is 1.93. The molecule has 0 aliphatic carbocycles. The molecule has 5 heteroatoms. The van der Waals surface area contributed by atoms with E-state index in [-0.39, 0.29) is 0 Å². The van der Waals surface area contributed by atoms with E-state index in [2.05, 4.69) is 17.0 Å². The molecule has 58 valence electrons. The molecule has 0 unspecified atom stereocenters. The minimum absolute atomic E-state index is 0.564. The maximum Gasteiger partial charge on any atom is 0.214 e. The highest BCUT2D eigenvalue weighted by atomic mass is 33.1. The first kappa shape index (κ1) is 9.97. The molecule has 0 rings (SSSR count). The molecule has 0 aliphatic heterocycles. The third-order valence-electron chi connectivity index (χ3n) is 0.724. The van der Waals surface area contributed by atoms with Gasteiger partial charge >= 0.3 is 0 Å². The average molecular weight is 177 g/mol. The molecule has 10 heavy (non-hydrogen) atoms. The quantitative estimate of drug-likeness (QED) is 0.312. The highest BCUT2D eigenvalue weighted by Crippen LogP contribution is 2.19. The van der Waals surface area contributed by atoms with E-state index >= 15 is 0 Å². The summed E-state index contributed by atoms with van der Waals surface area (Å²) in [4.78, 5) is 4.06. The van der Waals surface area contributed by atoms with Crippen molar-refractivity contribution in [1.29, 1.82) is 5.53 Å². The minimum atomic E-state index is 0.564. The Hall–Kier alpha value is -0.0300. The highest BCUT2D eigenvalue weighted by molar-refractivity contribution is 8.82. The standard InChI is InChI=1S/C5H11N3S2/c1-3-4-7-5(8-6)10-9-2/h6H,3-4H2,1-2H3. The van der Waals surface area contributed by atoms with Gasteiger partial charge in [-0.15, -0.1) is 5.11 Å². The van der Waals surface area contributed by atoms with Gasteiger partial charge < -0.3 is 0 Å².